The second-order valence-corrected chi connectivity index (χ2v) is 5.81. The van der Waals surface area contributed by atoms with Crippen molar-refractivity contribution in [1.29, 1.82) is 0 Å². The summed E-state index contributed by atoms with van der Waals surface area (Å²) in [5.41, 5.74) is -0.00468. The maximum atomic E-state index is 13.2. The Morgan fingerprint density at radius 3 is 2.39 bits per heavy atom. The third-order valence-corrected chi connectivity index (χ3v) is 4.05. The molecule has 0 N–H and O–H groups in total. The average molecular weight is 326 g/mol. The van der Waals surface area contributed by atoms with Gasteiger partial charge in [-0.1, -0.05) is 0 Å². The molecule has 2 heterocycles. The van der Waals surface area contributed by atoms with E-state index in [0.29, 0.717) is 6.29 Å². The van der Waals surface area contributed by atoms with Gasteiger partial charge in [-0.3, -0.25) is 14.4 Å². The zero-order valence-electron chi connectivity index (χ0n) is 12.0. The van der Waals surface area contributed by atoms with E-state index in [2.05, 4.69) is 0 Å². The van der Waals surface area contributed by atoms with E-state index in [1.807, 2.05) is 0 Å². The molecule has 0 aliphatic carbocycles. The highest BCUT2D eigenvalue weighted by molar-refractivity contribution is 6.02. The maximum absolute atomic E-state index is 13.2. The molecular formula is C15H13F3N2O3. The van der Waals surface area contributed by atoms with E-state index in [1.165, 1.54) is 11.0 Å². The third-order valence-electron chi connectivity index (χ3n) is 4.05. The summed E-state index contributed by atoms with van der Waals surface area (Å²) in [6.45, 7) is -1.02. The summed E-state index contributed by atoms with van der Waals surface area (Å²) < 4.78 is 38.8. The fraction of sp³-hybridized carbons (Fsp3) is 0.400. The van der Waals surface area contributed by atoms with Gasteiger partial charge in [-0.25, -0.2) is 13.2 Å². The fourth-order valence-electron chi connectivity index (χ4n) is 2.71. The van der Waals surface area contributed by atoms with Crippen LogP contribution in [0.15, 0.2) is 18.2 Å². The smallest absolute Gasteiger partial charge is 0.282 e. The zero-order chi connectivity index (χ0) is 16.8. The number of rotatable bonds is 3. The standard InChI is InChI=1S/C15H13F3N2O3/c16-11-2-1-9(6-21)12(3-11)14(23)19-4-10(5-19)13(22)20-7-15(17,18)8-20/h1-3,6,10H,4-5,7-8H2. The van der Waals surface area contributed by atoms with Gasteiger partial charge in [-0.2, -0.15) is 0 Å². The minimum absolute atomic E-state index is 0.0635. The summed E-state index contributed by atoms with van der Waals surface area (Å²) in [7, 11) is 0. The Morgan fingerprint density at radius 1 is 1.17 bits per heavy atom. The Kier molecular flexibility index (Phi) is 3.62. The van der Waals surface area contributed by atoms with Gasteiger partial charge >= 0.3 is 0 Å². The van der Waals surface area contributed by atoms with Crippen LogP contribution in [0.4, 0.5) is 13.2 Å². The van der Waals surface area contributed by atoms with E-state index in [-0.39, 0.29) is 24.2 Å². The van der Waals surface area contributed by atoms with E-state index < -0.39 is 42.6 Å². The van der Waals surface area contributed by atoms with Gasteiger partial charge in [0, 0.05) is 18.7 Å². The lowest BCUT2D eigenvalue weighted by Gasteiger charge is -2.45. The number of nitrogens with zero attached hydrogens (tertiary/aromatic N) is 2. The Morgan fingerprint density at radius 2 is 1.83 bits per heavy atom. The van der Waals surface area contributed by atoms with E-state index in [9.17, 15) is 27.6 Å². The van der Waals surface area contributed by atoms with Crippen molar-refractivity contribution in [2.75, 3.05) is 26.2 Å². The largest absolute Gasteiger partial charge is 0.337 e. The molecule has 5 nitrogen and oxygen atoms in total. The van der Waals surface area contributed by atoms with Crippen LogP contribution in [0.25, 0.3) is 0 Å². The first-order valence-electron chi connectivity index (χ1n) is 7.01. The highest BCUT2D eigenvalue weighted by Gasteiger charge is 2.49. The summed E-state index contributed by atoms with van der Waals surface area (Å²) in [6.07, 6.45) is 0.456. The first-order chi connectivity index (χ1) is 10.8. The summed E-state index contributed by atoms with van der Waals surface area (Å²) in [5, 5.41) is 0. The quantitative estimate of drug-likeness (QED) is 0.784. The molecular weight excluding hydrogens is 313 g/mol. The van der Waals surface area contributed by atoms with E-state index in [1.54, 1.807) is 0 Å². The number of amides is 2. The summed E-state index contributed by atoms with van der Waals surface area (Å²) in [4.78, 5) is 37.4. The van der Waals surface area contributed by atoms with Crippen LogP contribution in [0.3, 0.4) is 0 Å². The first kappa shape index (κ1) is 15.5. The molecule has 2 aliphatic heterocycles. The van der Waals surface area contributed by atoms with Crippen LogP contribution in [0.5, 0.6) is 0 Å². The normalized spacial score (nSPS) is 19.8. The van der Waals surface area contributed by atoms with Crippen molar-refractivity contribution in [3.8, 4) is 0 Å². The Labute approximate surface area is 129 Å². The van der Waals surface area contributed by atoms with Gasteiger partial charge in [-0.05, 0) is 18.2 Å². The van der Waals surface area contributed by atoms with Crippen molar-refractivity contribution in [2.45, 2.75) is 5.92 Å². The Hall–Kier alpha value is -2.38. The average Bonchev–Trinajstić information content (AvgIpc) is 2.42. The third kappa shape index (κ3) is 2.80. The molecule has 0 spiro atoms. The van der Waals surface area contributed by atoms with Crippen LogP contribution in [0.1, 0.15) is 20.7 Å². The lowest BCUT2D eigenvalue weighted by Crippen LogP contribution is -2.64. The number of alkyl halides is 2. The molecule has 1 aromatic rings. The molecule has 0 bridgehead atoms. The van der Waals surface area contributed by atoms with E-state index in [0.717, 1.165) is 17.0 Å². The molecule has 8 heteroatoms. The topological polar surface area (TPSA) is 57.7 Å². The monoisotopic (exact) mass is 326 g/mol. The number of benzene rings is 1. The van der Waals surface area contributed by atoms with Gasteiger partial charge in [0.05, 0.1) is 24.6 Å². The SMILES string of the molecule is O=Cc1ccc(F)cc1C(=O)N1CC(C(=O)N2CC(F)(F)C2)C1. The molecule has 2 fully saturated rings. The molecule has 2 amide bonds. The highest BCUT2D eigenvalue weighted by Crippen LogP contribution is 2.30. The van der Waals surface area contributed by atoms with Crippen molar-refractivity contribution in [3.05, 3.63) is 35.1 Å². The first-order valence-corrected chi connectivity index (χ1v) is 7.01. The van der Waals surface area contributed by atoms with E-state index >= 15 is 0 Å². The summed E-state index contributed by atoms with van der Waals surface area (Å²) in [5.74, 6) is -4.95. The van der Waals surface area contributed by atoms with Gasteiger partial charge < -0.3 is 9.80 Å². The van der Waals surface area contributed by atoms with Gasteiger partial charge in [0.2, 0.25) is 5.91 Å². The van der Waals surface area contributed by atoms with E-state index in [4.69, 9.17) is 0 Å². The molecule has 122 valence electrons. The Bertz CT molecular complexity index is 679. The van der Waals surface area contributed by atoms with Crippen LogP contribution in [0.2, 0.25) is 0 Å². The number of carbonyl (C=O) groups is 3. The van der Waals surface area contributed by atoms with Gasteiger partial charge in [0.1, 0.15) is 5.82 Å². The van der Waals surface area contributed by atoms with Crippen LogP contribution < -0.4 is 0 Å². The van der Waals surface area contributed by atoms with Gasteiger partial charge in [0.15, 0.2) is 6.29 Å². The van der Waals surface area contributed by atoms with Crippen molar-refractivity contribution >= 4 is 18.1 Å². The van der Waals surface area contributed by atoms with Crippen molar-refractivity contribution in [1.82, 2.24) is 9.80 Å². The van der Waals surface area contributed by atoms with Crippen molar-refractivity contribution in [3.63, 3.8) is 0 Å². The molecule has 0 radical (unpaired) electrons. The molecule has 1 aromatic carbocycles. The number of halogens is 3. The molecule has 0 saturated carbocycles. The number of hydrogen-bond donors (Lipinski definition) is 0. The fourth-order valence-corrected chi connectivity index (χ4v) is 2.71. The summed E-state index contributed by atoms with van der Waals surface area (Å²) in [6, 6.07) is 3.25. The molecule has 23 heavy (non-hydrogen) atoms. The number of carbonyl (C=O) groups excluding carboxylic acids is 3. The predicted molar refractivity (Wildman–Crippen MR) is 72.7 cm³/mol. The van der Waals surface area contributed by atoms with Crippen LogP contribution in [0, 0.1) is 11.7 Å². The molecule has 0 unspecified atom stereocenters. The lowest BCUT2D eigenvalue weighted by atomic mass is 9.94. The van der Waals surface area contributed by atoms with Crippen LogP contribution in [-0.4, -0.2) is 60.0 Å². The number of aldehydes is 1. The maximum Gasteiger partial charge on any atom is 0.282 e. The second-order valence-electron chi connectivity index (χ2n) is 5.81. The minimum Gasteiger partial charge on any atom is -0.337 e. The summed E-state index contributed by atoms with van der Waals surface area (Å²) >= 11 is 0. The molecule has 3 rings (SSSR count). The molecule has 2 saturated heterocycles. The number of likely N-dealkylation sites (tertiary alicyclic amines) is 2. The Balaban J connectivity index is 1.61. The predicted octanol–water partition coefficient (Wildman–Crippen LogP) is 1.19. The molecule has 0 atom stereocenters. The minimum atomic E-state index is -2.82. The molecule has 2 aliphatic rings. The second kappa shape index (κ2) is 5.36. The van der Waals surface area contributed by atoms with Gasteiger partial charge in [0.25, 0.3) is 11.8 Å². The zero-order valence-corrected chi connectivity index (χ0v) is 12.0. The van der Waals surface area contributed by atoms with Crippen LogP contribution in [-0.2, 0) is 4.79 Å². The van der Waals surface area contributed by atoms with Crippen molar-refractivity contribution in [2.24, 2.45) is 5.92 Å². The molecule has 0 aromatic heterocycles. The number of hydrogen-bond acceptors (Lipinski definition) is 3. The van der Waals surface area contributed by atoms with Crippen LogP contribution >= 0.6 is 0 Å². The lowest BCUT2D eigenvalue weighted by molar-refractivity contribution is -0.173. The van der Waals surface area contributed by atoms with Gasteiger partial charge in [-0.15, -0.1) is 0 Å². The highest BCUT2D eigenvalue weighted by atomic mass is 19.3. The van der Waals surface area contributed by atoms with Crippen molar-refractivity contribution < 1.29 is 27.6 Å².